The maximum absolute atomic E-state index is 12.6. The average molecular weight is 318 g/mol. The quantitative estimate of drug-likeness (QED) is 0.596. The Labute approximate surface area is 126 Å². The Morgan fingerprint density at radius 3 is 2.67 bits per heavy atom. The zero-order valence-corrected chi connectivity index (χ0v) is 14.0. The van der Waals surface area contributed by atoms with Crippen molar-refractivity contribution in [1.29, 1.82) is 0 Å². The molecule has 122 valence electrons. The van der Waals surface area contributed by atoms with E-state index >= 15 is 0 Å². The molecule has 0 aliphatic rings. The second-order valence-corrected chi connectivity index (χ2v) is 6.62. The monoisotopic (exact) mass is 318 g/mol. The molecule has 0 bridgehead atoms. The Morgan fingerprint density at radius 2 is 2.10 bits per heavy atom. The van der Waals surface area contributed by atoms with E-state index in [1.54, 1.807) is 14.0 Å². The van der Waals surface area contributed by atoms with Crippen LogP contribution in [0.4, 0.5) is 0 Å². The molecular weight excluding hydrogens is 292 g/mol. The highest BCUT2D eigenvalue weighted by atomic mass is 32.2. The van der Waals surface area contributed by atoms with E-state index in [4.69, 9.17) is 4.74 Å². The van der Waals surface area contributed by atoms with Gasteiger partial charge in [0, 0.05) is 19.7 Å². The second kappa shape index (κ2) is 8.47. The van der Waals surface area contributed by atoms with Crippen LogP contribution in [-0.2, 0) is 21.3 Å². The summed E-state index contributed by atoms with van der Waals surface area (Å²) in [5, 5.41) is 9.92. The summed E-state index contributed by atoms with van der Waals surface area (Å²) in [4.78, 5) is 0.237. The first-order valence-corrected chi connectivity index (χ1v) is 8.70. The van der Waals surface area contributed by atoms with Gasteiger partial charge < -0.3 is 10.1 Å². The first kappa shape index (κ1) is 18.1. The summed E-state index contributed by atoms with van der Waals surface area (Å²) in [5.41, 5.74) is 1.05. The second-order valence-electron chi connectivity index (χ2n) is 4.97. The molecule has 8 heteroatoms. The highest BCUT2D eigenvalue weighted by molar-refractivity contribution is 7.89. The highest BCUT2D eigenvalue weighted by Crippen LogP contribution is 2.18. The van der Waals surface area contributed by atoms with E-state index < -0.39 is 10.0 Å². The number of hydrogen-bond acceptors (Lipinski definition) is 5. The molecule has 0 aliphatic heterocycles. The standard InChI is InChI=1S/C13H26N4O3S/c1-5-7-11(9-20-4)17-21(18,19)13-10(3)15-16-12(13)8-14-6-2/h11,14,17H,5-9H2,1-4H3,(H,15,16). The zero-order valence-electron chi connectivity index (χ0n) is 13.2. The topological polar surface area (TPSA) is 96.1 Å². The van der Waals surface area contributed by atoms with Gasteiger partial charge in [0.05, 0.1) is 18.0 Å². The third kappa shape index (κ3) is 5.06. The Balaban J connectivity index is 2.98. The maximum atomic E-state index is 12.6. The van der Waals surface area contributed by atoms with Crippen LogP contribution in [0, 0.1) is 6.92 Å². The Hall–Kier alpha value is -0.960. The lowest BCUT2D eigenvalue weighted by Crippen LogP contribution is -2.38. The third-order valence-corrected chi connectivity index (χ3v) is 4.82. The van der Waals surface area contributed by atoms with E-state index in [0.717, 1.165) is 19.4 Å². The molecule has 1 unspecified atom stereocenters. The van der Waals surface area contributed by atoms with E-state index in [0.29, 0.717) is 24.5 Å². The lowest BCUT2D eigenvalue weighted by Gasteiger charge is -2.17. The van der Waals surface area contributed by atoms with Gasteiger partial charge in [-0.2, -0.15) is 5.10 Å². The number of nitrogens with one attached hydrogen (secondary N) is 3. The summed E-state index contributed by atoms with van der Waals surface area (Å²) in [7, 11) is -2.05. The molecule has 1 rings (SSSR count). The predicted octanol–water partition coefficient (Wildman–Crippen LogP) is 0.921. The number of rotatable bonds is 10. The molecule has 0 fully saturated rings. The van der Waals surface area contributed by atoms with E-state index in [1.165, 1.54) is 0 Å². The summed E-state index contributed by atoms with van der Waals surface area (Å²) < 4.78 is 33.0. The molecular formula is C13H26N4O3S. The van der Waals surface area contributed by atoms with Crippen molar-refractivity contribution < 1.29 is 13.2 Å². The van der Waals surface area contributed by atoms with Crippen LogP contribution in [-0.4, -0.2) is 44.9 Å². The fourth-order valence-electron chi connectivity index (χ4n) is 2.19. The minimum Gasteiger partial charge on any atom is -0.383 e. The minimum atomic E-state index is -3.62. The summed E-state index contributed by atoms with van der Waals surface area (Å²) in [5.74, 6) is 0. The molecule has 0 radical (unpaired) electrons. The number of aromatic amines is 1. The number of methoxy groups -OCH3 is 1. The number of hydrogen-bond donors (Lipinski definition) is 3. The van der Waals surface area contributed by atoms with Crippen LogP contribution in [0.1, 0.15) is 38.1 Å². The van der Waals surface area contributed by atoms with E-state index in [-0.39, 0.29) is 10.9 Å². The van der Waals surface area contributed by atoms with Gasteiger partial charge in [-0.3, -0.25) is 5.10 Å². The van der Waals surface area contributed by atoms with Crippen LogP contribution >= 0.6 is 0 Å². The van der Waals surface area contributed by atoms with Crippen LogP contribution in [0.3, 0.4) is 0 Å². The van der Waals surface area contributed by atoms with Gasteiger partial charge in [-0.15, -0.1) is 0 Å². The molecule has 1 aromatic rings. The van der Waals surface area contributed by atoms with E-state index in [1.807, 2.05) is 13.8 Å². The van der Waals surface area contributed by atoms with Crippen molar-refractivity contribution in [2.75, 3.05) is 20.3 Å². The summed E-state index contributed by atoms with van der Waals surface area (Å²) in [6, 6.07) is -0.230. The van der Waals surface area contributed by atoms with Crippen LogP contribution in [0.25, 0.3) is 0 Å². The molecule has 0 aliphatic carbocycles. The van der Waals surface area contributed by atoms with Gasteiger partial charge in [0.15, 0.2) is 0 Å². The van der Waals surface area contributed by atoms with Crippen molar-refractivity contribution >= 4 is 10.0 Å². The van der Waals surface area contributed by atoms with Crippen LogP contribution in [0.5, 0.6) is 0 Å². The minimum absolute atomic E-state index is 0.230. The lowest BCUT2D eigenvalue weighted by atomic mass is 10.2. The summed E-state index contributed by atoms with van der Waals surface area (Å²) in [6.45, 7) is 7.20. The zero-order chi connectivity index (χ0) is 15.9. The van der Waals surface area contributed by atoms with E-state index in [9.17, 15) is 8.42 Å². The number of sulfonamides is 1. The third-order valence-electron chi connectivity index (χ3n) is 3.10. The molecule has 0 saturated heterocycles. The lowest BCUT2D eigenvalue weighted by molar-refractivity contribution is 0.171. The summed E-state index contributed by atoms with van der Waals surface area (Å²) in [6.07, 6.45) is 1.61. The number of ether oxygens (including phenoxy) is 1. The largest absolute Gasteiger partial charge is 0.383 e. The average Bonchev–Trinajstić information content (AvgIpc) is 2.78. The molecule has 3 N–H and O–H groups in total. The van der Waals surface area contributed by atoms with Crippen molar-refractivity contribution in [3.63, 3.8) is 0 Å². The van der Waals surface area contributed by atoms with Crippen molar-refractivity contribution in [1.82, 2.24) is 20.2 Å². The summed E-state index contributed by atoms with van der Waals surface area (Å²) >= 11 is 0. The van der Waals surface area contributed by atoms with Crippen molar-refractivity contribution in [2.45, 2.75) is 51.1 Å². The van der Waals surface area contributed by atoms with Gasteiger partial charge in [-0.25, -0.2) is 13.1 Å². The molecule has 1 aromatic heterocycles. The number of nitrogens with zero attached hydrogens (tertiary/aromatic N) is 1. The fourth-order valence-corrected chi connectivity index (χ4v) is 3.81. The van der Waals surface area contributed by atoms with Gasteiger partial charge in [0.1, 0.15) is 4.90 Å². The van der Waals surface area contributed by atoms with Crippen molar-refractivity contribution in [2.24, 2.45) is 0 Å². The molecule has 0 aromatic carbocycles. The van der Waals surface area contributed by atoms with Gasteiger partial charge in [-0.05, 0) is 19.9 Å². The smallest absolute Gasteiger partial charge is 0.244 e. The van der Waals surface area contributed by atoms with Crippen molar-refractivity contribution in [3.8, 4) is 0 Å². The maximum Gasteiger partial charge on any atom is 0.244 e. The van der Waals surface area contributed by atoms with Gasteiger partial charge in [-0.1, -0.05) is 20.3 Å². The van der Waals surface area contributed by atoms with Gasteiger partial charge in [0.25, 0.3) is 0 Å². The Morgan fingerprint density at radius 1 is 1.38 bits per heavy atom. The molecule has 0 saturated carbocycles. The van der Waals surface area contributed by atoms with E-state index in [2.05, 4.69) is 20.2 Å². The molecule has 7 nitrogen and oxygen atoms in total. The van der Waals surface area contributed by atoms with Crippen LogP contribution in [0.15, 0.2) is 4.90 Å². The molecule has 0 amide bonds. The van der Waals surface area contributed by atoms with Gasteiger partial charge in [0.2, 0.25) is 10.0 Å². The predicted molar refractivity (Wildman–Crippen MR) is 81.6 cm³/mol. The molecule has 1 heterocycles. The first-order chi connectivity index (χ1) is 9.96. The normalized spacial score (nSPS) is 13.5. The molecule has 1 atom stereocenters. The van der Waals surface area contributed by atoms with Crippen LogP contribution in [0.2, 0.25) is 0 Å². The highest BCUT2D eigenvalue weighted by Gasteiger charge is 2.26. The Bertz CT molecular complexity index is 522. The first-order valence-electron chi connectivity index (χ1n) is 7.22. The SMILES string of the molecule is CCCC(COC)NS(=O)(=O)c1c(CNCC)n[nH]c1C. The number of aromatic nitrogens is 2. The molecule has 0 spiro atoms. The number of H-pyrrole nitrogens is 1. The van der Waals surface area contributed by atoms with Crippen LogP contribution < -0.4 is 10.0 Å². The van der Waals surface area contributed by atoms with Gasteiger partial charge >= 0.3 is 0 Å². The fraction of sp³-hybridized carbons (Fsp3) is 0.769. The molecule has 21 heavy (non-hydrogen) atoms. The Kier molecular flexibility index (Phi) is 7.30. The number of aryl methyl sites for hydroxylation is 1. The van der Waals surface area contributed by atoms with Crippen molar-refractivity contribution in [3.05, 3.63) is 11.4 Å².